The molecule has 0 saturated carbocycles. The average Bonchev–Trinajstić information content (AvgIpc) is 3.12. The van der Waals surface area contributed by atoms with E-state index in [9.17, 15) is 22.8 Å². The minimum Gasteiger partial charge on any atom is -0.478 e. The Hall–Kier alpha value is -3.58. The van der Waals surface area contributed by atoms with Crippen LogP contribution in [0.5, 0.6) is 0 Å². The fraction of sp³-hybridized carbons (Fsp3) is 0.0435. The number of benzene rings is 2. The van der Waals surface area contributed by atoms with Crippen LogP contribution in [0.15, 0.2) is 72.9 Å². The molecular formula is C23H13ClF3NO3. The zero-order chi connectivity index (χ0) is 22.3. The molecule has 0 aliphatic heterocycles. The molecule has 1 N–H and O–H groups in total. The van der Waals surface area contributed by atoms with Gasteiger partial charge in [-0.3, -0.25) is 4.79 Å². The molecule has 31 heavy (non-hydrogen) atoms. The molecule has 2 aromatic carbocycles. The van der Waals surface area contributed by atoms with Gasteiger partial charge in [0.25, 0.3) is 0 Å². The first kappa shape index (κ1) is 20.7. The SMILES string of the molecule is O=C(O)c1ccc(-c2cc(C(=O)c3c(Cl)cccc3C(F)(F)F)n3ccccc23)cc1. The van der Waals surface area contributed by atoms with Crippen LogP contribution in [0.3, 0.4) is 0 Å². The van der Waals surface area contributed by atoms with Crippen LogP contribution >= 0.6 is 11.6 Å². The van der Waals surface area contributed by atoms with Crippen molar-refractivity contribution in [1.82, 2.24) is 4.40 Å². The van der Waals surface area contributed by atoms with Crippen molar-refractivity contribution in [2.75, 3.05) is 0 Å². The number of hydrogen-bond donors (Lipinski definition) is 1. The molecule has 4 aromatic rings. The minimum absolute atomic E-state index is 0.00603. The van der Waals surface area contributed by atoms with E-state index < -0.39 is 29.1 Å². The molecule has 2 aromatic heterocycles. The number of carboxylic acid groups (broad SMARTS) is 1. The third-order valence-corrected chi connectivity index (χ3v) is 5.21. The van der Waals surface area contributed by atoms with E-state index in [0.29, 0.717) is 16.6 Å². The van der Waals surface area contributed by atoms with Crippen molar-refractivity contribution in [2.24, 2.45) is 0 Å². The molecule has 2 heterocycles. The Morgan fingerprint density at radius 3 is 2.29 bits per heavy atom. The van der Waals surface area contributed by atoms with E-state index in [4.69, 9.17) is 16.7 Å². The molecule has 0 atom stereocenters. The van der Waals surface area contributed by atoms with Crippen molar-refractivity contribution in [3.63, 3.8) is 0 Å². The van der Waals surface area contributed by atoms with Crippen molar-refractivity contribution in [3.05, 3.63) is 100 Å². The second kappa shape index (κ2) is 7.59. The summed E-state index contributed by atoms with van der Waals surface area (Å²) in [4.78, 5) is 24.4. The number of ketones is 1. The quantitative estimate of drug-likeness (QED) is 0.381. The molecule has 0 radical (unpaired) electrons. The van der Waals surface area contributed by atoms with Gasteiger partial charge in [0.2, 0.25) is 5.78 Å². The lowest BCUT2D eigenvalue weighted by atomic mass is 10.00. The molecule has 0 aliphatic carbocycles. The first-order valence-electron chi connectivity index (χ1n) is 9.02. The topological polar surface area (TPSA) is 58.8 Å². The lowest BCUT2D eigenvalue weighted by Crippen LogP contribution is -2.15. The molecule has 4 nitrogen and oxygen atoms in total. The van der Waals surface area contributed by atoms with E-state index in [2.05, 4.69) is 0 Å². The second-order valence-electron chi connectivity index (χ2n) is 6.77. The lowest BCUT2D eigenvalue weighted by molar-refractivity contribution is -0.137. The van der Waals surface area contributed by atoms with Gasteiger partial charge in [0.1, 0.15) is 0 Å². The van der Waals surface area contributed by atoms with Crippen molar-refractivity contribution in [3.8, 4) is 11.1 Å². The number of hydrogen-bond acceptors (Lipinski definition) is 2. The molecule has 0 unspecified atom stereocenters. The fourth-order valence-corrected chi connectivity index (χ4v) is 3.73. The summed E-state index contributed by atoms with van der Waals surface area (Å²) in [5.74, 6) is -1.95. The number of carbonyl (C=O) groups excluding carboxylic acids is 1. The number of fused-ring (bicyclic) bond motifs is 1. The number of pyridine rings is 1. The van der Waals surface area contributed by atoms with Crippen LogP contribution in [-0.4, -0.2) is 21.3 Å². The van der Waals surface area contributed by atoms with Crippen molar-refractivity contribution >= 4 is 28.9 Å². The van der Waals surface area contributed by atoms with E-state index in [-0.39, 0.29) is 16.3 Å². The summed E-state index contributed by atoms with van der Waals surface area (Å²) in [7, 11) is 0. The van der Waals surface area contributed by atoms with Crippen molar-refractivity contribution < 1.29 is 27.9 Å². The zero-order valence-electron chi connectivity index (χ0n) is 15.7. The minimum atomic E-state index is -4.75. The molecule has 0 fully saturated rings. The highest BCUT2D eigenvalue weighted by Crippen LogP contribution is 2.37. The number of rotatable bonds is 4. The molecule has 0 saturated heterocycles. The number of nitrogens with zero attached hydrogens (tertiary/aromatic N) is 1. The van der Waals surface area contributed by atoms with E-state index in [0.717, 1.165) is 12.1 Å². The number of carboxylic acids is 1. The highest BCUT2D eigenvalue weighted by Gasteiger charge is 2.37. The second-order valence-corrected chi connectivity index (χ2v) is 7.18. The highest BCUT2D eigenvalue weighted by atomic mass is 35.5. The maximum absolute atomic E-state index is 13.5. The first-order chi connectivity index (χ1) is 14.7. The van der Waals surface area contributed by atoms with Crippen molar-refractivity contribution in [1.29, 1.82) is 0 Å². The molecule has 0 amide bonds. The average molecular weight is 444 g/mol. The highest BCUT2D eigenvalue weighted by molar-refractivity contribution is 6.35. The summed E-state index contributed by atoms with van der Waals surface area (Å²) >= 11 is 6.02. The van der Waals surface area contributed by atoms with E-state index in [1.807, 2.05) is 0 Å². The maximum atomic E-state index is 13.5. The van der Waals surface area contributed by atoms with Crippen LogP contribution in [0.25, 0.3) is 16.6 Å². The van der Waals surface area contributed by atoms with Crippen LogP contribution in [-0.2, 0) is 6.18 Å². The van der Waals surface area contributed by atoms with Gasteiger partial charge < -0.3 is 9.51 Å². The number of aromatic nitrogens is 1. The van der Waals surface area contributed by atoms with Gasteiger partial charge in [-0.1, -0.05) is 35.9 Å². The van der Waals surface area contributed by atoms with Crippen LogP contribution in [0.1, 0.15) is 32.0 Å². The lowest BCUT2D eigenvalue weighted by Gasteiger charge is -2.13. The number of alkyl halides is 3. The third kappa shape index (κ3) is 3.68. The van der Waals surface area contributed by atoms with Gasteiger partial charge in [0.05, 0.1) is 32.9 Å². The van der Waals surface area contributed by atoms with Crippen LogP contribution < -0.4 is 0 Å². The fourth-order valence-electron chi connectivity index (χ4n) is 3.47. The normalized spacial score (nSPS) is 11.6. The summed E-state index contributed by atoms with van der Waals surface area (Å²) in [6.45, 7) is 0. The Morgan fingerprint density at radius 1 is 0.935 bits per heavy atom. The Bertz CT molecular complexity index is 1320. The van der Waals surface area contributed by atoms with Gasteiger partial charge in [-0.15, -0.1) is 0 Å². The molecule has 8 heteroatoms. The monoisotopic (exact) mass is 443 g/mol. The molecular weight excluding hydrogens is 431 g/mol. The number of halogens is 4. The Morgan fingerprint density at radius 2 is 1.65 bits per heavy atom. The smallest absolute Gasteiger partial charge is 0.417 e. The van der Waals surface area contributed by atoms with Gasteiger partial charge in [-0.05, 0) is 48.0 Å². The Kier molecular flexibility index (Phi) is 5.07. The van der Waals surface area contributed by atoms with E-state index >= 15 is 0 Å². The third-order valence-electron chi connectivity index (χ3n) is 4.90. The zero-order valence-corrected chi connectivity index (χ0v) is 16.4. The Balaban J connectivity index is 1.91. The van der Waals surface area contributed by atoms with Crippen molar-refractivity contribution in [2.45, 2.75) is 6.18 Å². The molecule has 0 aliphatic rings. The number of carbonyl (C=O) groups is 2. The largest absolute Gasteiger partial charge is 0.478 e. The predicted molar refractivity (Wildman–Crippen MR) is 110 cm³/mol. The standard InChI is InChI=1S/C23H13ClF3NO3/c24-17-5-3-4-16(23(25,26)27)20(17)21(29)19-12-15(18-6-1-2-11-28(18)19)13-7-9-14(10-8-13)22(30)31/h1-12H,(H,30,31). The van der Waals surface area contributed by atoms with Crippen LogP contribution in [0.2, 0.25) is 5.02 Å². The molecule has 156 valence electrons. The van der Waals surface area contributed by atoms with Gasteiger partial charge in [-0.2, -0.15) is 13.2 Å². The van der Waals surface area contributed by atoms with Crippen LogP contribution in [0, 0.1) is 0 Å². The van der Waals surface area contributed by atoms with Gasteiger partial charge >= 0.3 is 12.1 Å². The molecule has 4 rings (SSSR count). The molecule has 0 spiro atoms. The maximum Gasteiger partial charge on any atom is 0.417 e. The number of aromatic carboxylic acids is 1. The summed E-state index contributed by atoms with van der Waals surface area (Å²) in [6.07, 6.45) is -3.18. The summed E-state index contributed by atoms with van der Waals surface area (Å²) in [5.41, 5.74) is 0.135. The summed E-state index contributed by atoms with van der Waals surface area (Å²) < 4.78 is 42.1. The summed E-state index contributed by atoms with van der Waals surface area (Å²) in [6, 6.07) is 15.8. The molecule has 0 bridgehead atoms. The first-order valence-corrected chi connectivity index (χ1v) is 9.40. The van der Waals surface area contributed by atoms with Gasteiger partial charge in [0, 0.05) is 11.8 Å². The Labute approximate surface area is 179 Å². The van der Waals surface area contributed by atoms with Gasteiger partial charge in [-0.25, -0.2) is 4.79 Å². The van der Waals surface area contributed by atoms with E-state index in [1.165, 1.54) is 28.7 Å². The predicted octanol–water partition coefficient (Wildman–Crippen LogP) is 6.21. The summed E-state index contributed by atoms with van der Waals surface area (Å²) in [5, 5.41) is 8.79. The van der Waals surface area contributed by atoms with Gasteiger partial charge in [0.15, 0.2) is 0 Å². The van der Waals surface area contributed by atoms with E-state index in [1.54, 1.807) is 36.5 Å². The van der Waals surface area contributed by atoms with Crippen LogP contribution in [0.4, 0.5) is 13.2 Å².